The standard InChI is InChI=1S/C20H37IO4Si2/c1-18(2,3)26(8,9)24-15-14-20(7,23-17(15)22)16(12-13-21)25-27(10,11)19(4,5)6/h12-14,16H,1-11H3/b13-12+/t16-,20+/m1/s1. The van der Waals surface area contributed by atoms with Crippen LogP contribution in [0.4, 0.5) is 0 Å². The fourth-order valence-corrected chi connectivity index (χ4v) is 4.82. The topological polar surface area (TPSA) is 44.8 Å². The molecular weight excluding hydrogens is 487 g/mol. The Morgan fingerprint density at radius 2 is 1.56 bits per heavy atom. The second kappa shape index (κ2) is 7.95. The number of hydrogen-bond acceptors (Lipinski definition) is 4. The van der Waals surface area contributed by atoms with Crippen molar-refractivity contribution < 1.29 is 18.4 Å². The number of ether oxygens (including phenoxy) is 1. The van der Waals surface area contributed by atoms with Gasteiger partial charge in [-0.25, -0.2) is 4.79 Å². The van der Waals surface area contributed by atoms with E-state index < -0.39 is 28.2 Å². The van der Waals surface area contributed by atoms with Crippen LogP contribution in [0.2, 0.25) is 36.3 Å². The Kier molecular flexibility index (Phi) is 7.33. The SMILES string of the molecule is CC(C)(C)[Si](C)(C)OC1=C[C@@](C)([C@@H](/C=C/I)O[Si](C)(C)C(C)(C)C)OC1=O. The van der Waals surface area contributed by atoms with Crippen molar-refractivity contribution in [2.75, 3.05) is 0 Å². The molecule has 0 fully saturated rings. The van der Waals surface area contributed by atoms with E-state index in [1.165, 1.54) is 0 Å². The largest absolute Gasteiger partial charge is 0.539 e. The minimum Gasteiger partial charge on any atom is -0.539 e. The first-order chi connectivity index (χ1) is 11.9. The molecule has 0 saturated heterocycles. The van der Waals surface area contributed by atoms with E-state index in [1.54, 1.807) is 0 Å². The number of rotatable bonds is 6. The van der Waals surface area contributed by atoms with Crippen LogP contribution in [0.15, 0.2) is 22.0 Å². The fraction of sp³-hybridized carbons (Fsp3) is 0.750. The minimum atomic E-state index is -2.13. The van der Waals surface area contributed by atoms with Gasteiger partial charge in [0.2, 0.25) is 0 Å². The number of esters is 1. The molecule has 0 aliphatic carbocycles. The summed E-state index contributed by atoms with van der Waals surface area (Å²) in [6, 6.07) is 0. The minimum absolute atomic E-state index is 0.00621. The van der Waals surface area contributed by atoms with Gasteiger partial charge in [0.25, 0.3) is 8.32 Å². The normalized spacial score (nSPS) is 23.4. The van der Waals surface area contributed by atoms with Crippen molar-refractivity contribution in [1.29, 1.82) is 0 Å². The summed E-state index contributed by atoms with van der Waals surface area (Å²) < 4.78 is 20.6. The molecule has 0 N–H and O–H groups in total. The predicted octanol–water partition coefficient (Wildman–Crippen LogP) is 6.55. The van der Waals surface area contributed by atoms with Gasteiger partial charge in [0.05, 0.1) is 0 Å². The Hall–Kier alpha value is -0.126. The van der Waals surface area contributed by atoms with Gasteiger partial charge in [-0.1, -0.05) is 64.1 Å². The molecular formula is C20H37IO4Si2. The first kappa shape index (κ1) is 24.9. The maximum absolute atomic E-state index is 12.6. The van der Waals surface area contributed by atoms with Crippen molar-refractivity contribution in [3.63, 3.8) is 0 Å². The lowest BCUT2D eigenvalue weighted by Crippen LogP contribution is -2.50. The van der Waals surface area contributed by atoms with Crippen LogP contribution in [0.3, 0.4) is 0 Å². The van der Waals surface area contributed by atoms with E-state index in [4.69, 9.17) is 13.6 Å². The Morgan fingerprint density at radius 3 is 1.96 bits per heavy atom. The Balaban J connectivity index is 3.21. The molecule has 7 heteroatoms. The maximum atomic E-state index is 12.6. The van der Waals surface area contributed by atoms with Crippen LogP contribution in [0.1, 0.15) is 48.5 Å². The summed E-state index contributed by atoms with van der Waals surface area (Å²) >= 11 is 2.18. The van der Waals surface area contributed by atoms with E-state index in [0.717, 1.165) is 0 Å². The van der Waals surface area contributed by atoms with Gasteiger partial charge < -0.3 is 13.6 Å². The van der Waals surface area contributed by atoms with Crippen molar-refractivity contribution in [2.24, 2.45) is 0 Å². The third kappa shape index (κ3) is 5.70. The number of carbonyl (C=O) groups excluding carboxylic acids is 1. The zero-order valence-corrected chi connectivity index (χ0v) is 23.0. The molecule has 0 radical (unpaired) electrons. The summed E-state index contributed by atoms with van der Waals surface area (Å²) in [5.41, 5.74) is -0.869. The number of carbonyl (C=O) groups is 1. The molecule has 4 nitrogen and oxygen atoms in total. The van der Waals surface area contributed by atoms with Gasteiger partial charge >= 0.3 is 5.97 Å². The second-order valence-corrected chi connectivity index (χ2v) is 20.8. The molecule has 2 atom stereocenters. The maximum Gasteiger partial charge on any atom is 0.373 e. The molecule has 1 heterocycles. The number of hydrogen-bond donors (Lipinski definition) is 0. The average Bonchev–Trinajstić information content (AvgIpc) is 2.70. The molecule has 0 aromatic carbocycles. The Morgan fingerprint density at radius 1 is 1.07 bits per heavy atom. The van der Waals surface area contributed by atoms with Gasteiger partial charge in [0.15, 0.2) is 19.7 Å². The first-order valence-corrected chi connectivity index (χ1v) is 16.5. The number of cyclic esters (lactones) is 1. The highest BCUT2D eigenvalue weighted by atomic mass is 127. The van der Waals surface area contributed by atoms with E-state index in [1.807, 2.05) is 23.2 Å². The van der Waals surface area contributed by atoms with Crippen LogP contribution in [0, 0.1) is 0 Å². The highest BCUT2D eigenvalue weighted by Gasteiger charge is 2.50. The third-order valence-electron chi connectivity index (χ3n) is 6.14. The van der Waals surface area contributed by atoms with Gasteiger partial charge in [-0.2, -0.15) is 0 Å². The summed E-state index contributed by atoms with van der Waals surface area (Å²) in [5, 5.41) is 0.0692. The van der Waals surface area contributed by atoms with Gasteiger partial charge in [-0.15, -0.1) is 0 Å². The molecule has 1 aliphatic rings. The van der Waals surface area contributed by atoms with Crippen molar-refractivity contribution in [2.45, 2.75) is 96.4 Å². The van der Waals surface area contributed by atoms with E-state index >= 15 is 0 Å². The van der Waals surface area contributed by atoms with Gasteiger partial charge in [0.1, 0.15) is 6.10 Å². The van der Waals surface area contributed by atoms with Crippen LogP contribution < -0.4 is 0 Å². The predicted molar refractivity (Wildman–Crippen MR) is 126 cm³/mol. The summed E-state index contributed by atoms with van der Waals surface area (Å²) in [4.78, 5) is 12.6. The monoisotopic (exact) mass is 524 g/mol. The third-order valence-corrected chi connectivity index (χ3v) is 15.4. The summed E-state index contributed by atoms with van der Waals surface area (Å²) in [6.45, 7) is 23.6. The van der Waals surface area contributed by atoms with Crippen LogP contribution in [-0.2, 0) is 18.4 Å². The van der Waals surface area contributed by atoms with Crippen molar-refractivity contribution in [3.8, 4) is 0 Å². The molecule has 0 unspecified atom stereocenters. The lowest BCUT2D eigenvalue weighted by atomic mass is 10.00. The quantitative estimate of drug-likeness (QED) is 0.225. The van der Waals surface area contributed by atoms with Crippen LogP contribution in [0.25, 0.3) is 0 Å². The molecule has 27 heavy (non-hydrogen) atoms. The Labute approximate surface area is 181 Å². The van der Waals surface area contributed by atoms with Crippen LogP contribution in [0.5, 0.6) is 0 Å². The lowest BCUT2D eigenvalue weighted by molar-refractivity contribution is -0.152. The zero-order chi connectivity index (χ0) is 21.5. The Bertz CT molecular complexity index is 627. The fourth-order valence-electron chi connectivity index (χ4n) is 2.15. The highest BCUT2D eigenvalue weighted by Crippen LogP contribution is 2.43. The molecule has 0 aromatic rings. The molecule has 0 bridgehead atoms. The van der Waals surface area contributed by atoms with E-state index in [2.05, 4.69) is 90.3 Å². The molecule has 156 valence electrons. The second-order valence-electron chi connectivity index (χ2n) is 10.6. The van der Waals surface area contributed by atoms with E-state index in [-0.39, 0.29) is 16.2 Å². The summed E-state index contributed by atoms with van der Waals surface area (Å²) in [5.74, 6) is -0.0669. The van der Waals surface area contributed by atoms with Gasteiger partial charge in [-0.3, -0.25) is 0 Å². The van der Waals surface area contributed by atoms with E-state index in [9.17, 15) is 4.79 Å². The highest BCUT2D eigenvalue weighted by molar-refractivity contribution is 14.1. The van der Waals surface area contributed by atoms with Crippen molar-refractivity contribution in [1.82, 2.24) is 0 Å². The average molecular weight is 525 g/mol. The van der Waals surface area contributed by atoms with Crippen LogP contribution in [-0.4, -0.2) is 34.3 Å². The summed E-state index contributed by atoms with van der Waals surface area (Å²) in [7, 11) is -4.17. The molecule has 0 amide bonds. The molecule has 1 aliphatic heterocycles. The smallest absolute Gasteiger partial charge is 0.373 e. The molecule has 0 saturated carbocycles. The molecule has 0 aromatic heterocycles. The van der Waals surface area contributed by atoms with Crippen molar-refractivity contribution >= 4 is 45.2 Å². The lowest BCUT2D eigenvalue weighted by Gasteiger charge is -2.41. The summed E-state index contributed by atoms with van der Waals surface area (Å²) in [6.07, 6.45) is 3.45. The molecule has 0 spiro atoms. The van der Waals surface area contributed by atoms with Gasteiger partial charge in [0, 0.05) is 6.08 Å². The van der Waals surface area contributed by atoms with Crippen LogP contribution >= 0.6 is 22.6 Å². The molecule has 1 rings (SSSR count). The number of halogens is 1. The van der Waals surface area contributed by atoms with E-state index in [0.29, 0.717) is 5.76 Å². The van der Waals surface area contributed by atoms with Gasteiger partial charge in [-0.05, 0) is 53.3 Å². The first-order valence-electron chi connectivity index (χ1n) is 9.46. The zero-order valence-electron chi connectivity index (χ0n) is 18.8. The van der Waals surface area contributed by atoms with Crippen molar-refractivity contribution in [3.05, 3.63) is 22.0 Å².